The highest BCUT2D eigenvalue weighted by molar-refractivity contribution is 8.00. The molecule has 4 nitrogen and oxygen atoms in total. The number of carbonyl (C=O) groups excluding carboxylic acids is 1. The van der Waals surface area contributed by atoms with E-state index in [2.05, 4.69) is 9.72 Å². The highest BCUT2D eigenvalue weighted by Crippen LogP contribution is 2.26. The lowest BCUT2D eigenvalue weighted by Crippen LogP contribution is -2.15. The molecule has 0 spiro atoms. The van der Waals surface area contributed by atoms with Gasteiger partial charge in [0.25, 0.3) is 0 Å². The van der Waals surface area contributed by atoms with Gasteiger partial charge in [0, 0.05) is 6.20 Å². The van der Waals surface area contributed by atoms with Crippen LogP contribution < -0.4 is 5.73 Å². The van der Waals surface area contributed by atoms with E-state index in [1.54, 1.807) is 25.3 Å². The van der Waals surface area contributed by atoms with E-state index in [-0.39, 0.29) is 11.2 Å². The van der Waals surface area contributed by atoms with Crippen LogP contribution in [-0.4, -0.2) is 23.3 Å². The third kappa shape index (κ3) is 2.63. The Kier molecular flexibility index (Phi) is 3.76. The van der Waals surface area contributed by atoms with Gasteiger partial charge in [-0.2, -0.15) is 0 Å². The maximum Gasteiger partial charge on any atom is 0.318 e. The fourth-order valence-corrected chi connectivity index (χ4v) is 1.74. The third-order valence-electron chi connectivity index (χ3n) is 1.62. The van der Waals surface area contributed by atoms with Crippen LogP contribution in [0.2, 0.25) is 0 Å². The number of aromatic nitrogens is 1. The Balaban J connectivity index is 2.69. The highest BCUT2D eigenvalue weighted by Gasteiger charge is 2.16. The molecule has 5 heteroatoms. The Morgan fingerprint density at radius 2 is 2.43 bits per heavy atom. The van der Waals surface area contributed by atoms with Crippen molar-refractivity contribution in [1.82, 2.24) is 4.98 Å². The van der Waals surface area contributed by atoms with Gasteiger partial charge in [-0.3, -0.25) is 4.79 Å². The molecule has 0 saturated heterocycles. The summed E-state index contributed by atoms with van der Waals surface area (Å²) in [5, 5.41) is 0.364. The molecular formula is C9H12N2O2S. The second kappa shape index (κ2) is 4.85. The largest absolute Gasteiger partial charge is 0.468 e. The second-order valence-corrected chi connectivity index (χ2v) is 4.01. The fraction of sp³-hybridized carbons (Fsp3) is 0.333. The molecule has 1 aromatic heterocycles. The number of nitrogen functional groups attached to an aromatic ring is 1. The lowest BCUT2D eigenvalue weighted by Gasteiger charge is -2.08. The topological polar surface area (TPSA) is 65.2 Å². The van der Waals surface area contributed by atoms with Crippen molar-refractivity contribution >= 4 is 23.4 Å². The van der Waals surface area contributed by atoms with E-state index in [9.17, 15) is 4.79 Å². The molecule has 0 fully saturated rings. The zero-order valence-corrected chi connectivity index (χ0v) is 8.88. The molecular weight excluding hydrogens is 200 g/mol. The summed E-state index contributed by atoms with van der Waals surface area (Å²) in [6.07, 6.45) is 1.64. The number of rotatable bonds is 3. The molecule has 14 heavy (non-hydrogen) atoms. The number of anilines is 1. The number of carbonyl (C=O) groups is 1. The first-order valence-electron chi connectivity index (χ1n) is 4.10. The minimum atomic E-state index is -0.294. The Morgan fingerprint density at radius 1 is 1.71 bits per heavy atom. The zero-order valence-electron chi connectivity index (χ0n) is 8.06. The van der Waals surface area contributed by atoms with Gasteiger partial charge in [0.15, 0.2) is 0 Å². The van der Waals surface area contributed by atoms with Crippen LogP contribution in [0, 0.1) is 0 Å². The Labute approximate surface area is 86.8 Å². The maximum atomic E-state index is 11.1. The van der Waals surface area contributed by atoms with Crippen molar-refractivity contribution in [3.05, 3.63) is 18.3 Å². The summed E-state index contributed by atoms with van der Waals surface area (Å²) in [7, 11) is 1.36. The first kappa shape index (κ1) is 10.8. The van der Waals surface area contributed by atoms with Gasteiger partial charge in [0.2, 0.25) is 0 Å². The van der Waals surface area contributed by atoms with E-state index in [1.165, 1.54) is 18.9 Å². The minimum Gasteiger partial charge on any atom is -0.468 e. The average Bonchev–Trinajstić information content (AvgIpc) is 2.20. The molecule has 0 saturated carbocycles. The van der Waals surface area contributed by atoms with Crippen LogP contribution in [0.25, 0.3) is 0 Å². The van der Waals surface area contributed by atoms with E-state index in [4.69, 9.17) is 5.73 Å². The molecule has 0 radical (unpaired) electrons. The van der Waals surface area contributed by atoms with Gasteiger partial charge in [-0.25, -0.2) is 4.98 Å². The van der Waals surface area contributed by atoms with Crippen LogP contribution in [0.4, 0.5) is 5.69 Å². The molecule has 0 aliphatic carbocycles. The first-order chi connectivity index (χ1) is 6.65. The number of pyridine rings is 1. The lowest BCUT2D eigenvalue weighted by molar-refractivity contribution is -0.139. The smallest absolute Gasteiger partial charge is 0.318 e. The molecule has 0 bridgehead atoms. The molecule has 0 aromatic carbocycles. The monoisotopic (exact) mass is 212 g/mol. The summed E-state index contributed by atoms with van der Waals surface area (Å²) >= 11 is 1.29. The number of thioether (sulfide) groups is 1. The van der Waals surface area contributed by atoms with Gasteiger partial charge in [-0.05, 0) is 19.1 Å². The van der Waals surface area contributed by atoms with Gasteiger partial charge in [-0.15, -0.1) is 0 Å². The van der Waals surface area contributed by atoms with Crippen molar-refractivity contribution in [3.8, 4) is 0 Å². The predicted octanol–water partition coefficient (Wildman–Crippen LogP) is 1.32. The van der Waals surface area contributed by atoms with Crippen molar-refractivity contribution in [1.29, 1.82) is 0 Å². The van der Waals surface area contributed by atoms with Gasteiger partial charge >= 0.3 is 5.97 Å². The maximum absolute atomic E-state index is 11.1. The predicted molar refractivity (Wildman–Crippen MR) is 56.0 cm³/mol. The van der Waals surface area contributed by atoms with E-state index < -0.39 is 0 Å². The van der Waals surface area contributed by atoms with E-state index >= 15 is 0 Å². The van der Waals surface area contributed by atoms with Gasteiger partial charge in [0.05, 0.1) is 12.8 Å². The number of hydrogen-bond donors (Lipinski definition) is 1. The summed E-state index contributed by atoms with van der Waals surface area (Å²) in [6, 6.07) is 3.50. The van der Waals surface area contributed by atoms with E-state index in [0.717, 1.165) is 0 Å². The summed E-state index contributed by atoms with van der Waals surface area (Å²) in [5.41, 5.74) is 6.25. The zero-order chi connectivity index (χ0) is 10.6. The average molecular weight is 212 g/mol. The fourth-order valence-electron chi connectivity index (χ4n) is 0.883. The highest BCUT2D eigenvalue weighted by atomic mass is 32.2. The number of ether oxygens (including phenoxy) is 1. The second-order valence-electron chi connectivity index (χ2n) is 2.68. The SMILES string of the molecule is COC(=O)C(C)Sc1ncccc1N. The molecule has 1 unspecified atom stereocenters. The molecule has 0 aliphatic rings. The number of nitrogens with two attached hydrogens (primary N) is 1. The van der Waals surface area contributed by atoms with Crippen LogP contribution in [-0.2, 0) is 9.53 Å². The van der Waals surface area contributed by atoms with Gasteiger partial charge in [-0.1, -0.05) is 11.8 Å². The summed E-state index contributed by atoms with van der Waals surface area (Å²) in [6.45, 7) is 1.75. The first-order valence-corrected chi connectivity index (χ1v) is 4.98. The van der Waals surface area contributed by atoms with Crippen molar-refractivity contribution in [2.45, 2.75) is 17.2 Å². The molecule has 2 N–H and O–H groups in total. The molecule has 1 aromatic rings. The van der Waals surface area contributed by atoms with Crippen LogP contribution in [0.1, 0.15) is 6.92 Å². The summed E-state index contributed by atoms with van der Waals surface area (Å²) in [5.74, 6) is -0.278. The normalized spacial score (nSPS) is 12.1. The minimum absolute atomic E-state index is 0.278. The number of hydrogen-bond acceptors (Lipinski definition) is 5. The van der Waals surface area contributed by atoms with E-state index in [0.29, 0.717) is 10.7 Å². The van der Waals surface area contributed by atoms with Gasteiger partial charge < -0.3 is 10.5 Å². The molecule has 1 heterocycles. The lowest BCUT2D eigenvalue weighted by atomic mass is 10.4. The standard InChI is InChI=1S/C9H12N2O2S/c1-6(9(12)13-2)14-8-7(10)4-3-5-11-8/h3-6H,10H2,1-2H3. The van der Waals surface area contributed by atoms with Gasteiger partial charge in [0.1, 0.15) is 10.3 Å². The van der Waals surface area contributed by atoms with Crippen LogP contribution in [0.5, 0.6) is 0 Å². The summed E-state index contributed by atoms with van der Waals surface area (Å²) in [4.78, 5) is 15.2. The van der Waals surface area contributed by atoms with Crippen LogP contribution >= 0.6 is 11.8 Å². The molecule has 0 amide bonds. The Bertz CT molecular complexity index is 330. The van der Waals surface area contributed by atoms with Crippen LogP contribution in [0.3, 0.4) is 0 Å². The van der Waals surface area contributed by atoms with Crippen molar-refractivity contribution in [2.75, 3.05) is 12.8 Å². The molecule has 0 aliphatic heterocycles. The number of esters is 1. The number of nitrogens with zero attached hydrogens (tertiary/aromatic N) is 1. The molecule has 1 rings (SSSR count). The Morgan fingerprint density at radius 3 is 3.00 bits per heavy atom. The van der Waals surface area contributed by atoms with Crippen molar-refractivity contribution < 1.29 is 9.53 Å². The number of methoxy groups -OCH3 is 1. The third-order valence-corrected chi connectivity index (χ3v) is 2.73. The van der Waals surface area contributed by atoms with Crippen molar-refractivity contribution in [3.63, 3.8) is 0 Å². The molecule has 1 atom stereocenters. The van der Waals surface area contributed by atoms with E-state index in [1.807, 2.05) is 0 Å². The van der Waals surface area contributed by atoms with Crippen LogP contribution in [0.15, 0.2) is 23.4 Å². The Hall–Kier alpha value is -1.23. The molecule has 76 valence electrons. The summed E-state index contributed by atoms with van der Waals surface area (Å²) < 4.78 is 4.60. The van der Waals surface area contributed by atoms with Crippen molar-refractivity contribution in [2.24, 2.45) is 0 Å². The quantitative estimate of drug-likeness (QED) is 0.604.